The zero-order valence-corrected chi connectivity index (χ0v) is 19.2. The number of rotatable bonds is 8. The van der Waals surface area contributed by atoms with Crippen LogP contribution < -0.4 is 15.5 Å². The predicted molar refractivity (Wildman–Crippen MR) is 129 cm³/mol. The maximum atomic E-state index is 12.8. The Labute approximate surface area is 192 Å². The van der Waals surface area contributed by atoms with Crippen LogP contribution in [-0.4, -0.2) is 41.9 Å². The van der Waals surface area contributed by atoms with Gasteiger partial charge < -0.3 is 15.5 Å². The summed E-state index contributed by atoms with van der Waals surface area (Å²) in [7, 11) is 3.99. The van der Waals surface area contributed by atoms with Gasteiger partial charge in [0.1, 0.15) is 5.82 Å². The van der Waals surface area contributed by atoms with Crippen molar-refractivity contribution in [3.05, 3.63) is 54.1 Å². The average Bonchev–Trinajstić information content (AvgIpc) is 2.78. The summed E-state index contributed by atoms with van der Waals surface area (Å²) < 4.78 is 25.6. The fraction of sp³-hybridized carbons (Fsp3) is 0.417. The monoisotopic (exact) mass is 457 g/mol. The molecule has 0 amide bonds. The highest BCUT2D eigenvalue weighted by atomic mass is 32.2. The lowest BCUT2D eigenvalue weighted by Gasteiger charge is -2.30. The van der Waals surface area contributed by atoms with Crippen LogP contribution in [0.4, 0.5) is 20.5 Å². The molecular formula is C24H29F2N5S. The van der Waals surface area contributed by atoms with Crippen LogP contribution in [0.25, 0.3) is 10.9 Å². The minimum Gasteiger partial charge on any atom is -0.362 e. The number of halogens is 2. The van der Waals surface area contributed by atoms with Gasteiger partial charge in [-0.2, -0.15) is 13.8 Å². The van der Waals surface area contributed by atoms with Gasteiger partial charge >= 0.3 is 0 Å². The number of nitrogens with one attached hydrogen (secondary N) is 2. The van der Waals surface area contributed by atoms with Crippen molar-refractivity contribution in [3.63, 3.8) is 0 Å². The molecule has 1 aromatic heterocycles. The maximum absolute atomic E-state index is 12.8. The molecule has 1 aliphatic rings. The van der Waals surface area contributed by atoms with Crippen LogP contribution in [0, 0.1) is 0 Å². The molecule has 1 aliphatic carbocycles. The lowest BCUT2D eigenvalue weighted by atomic mass is 9.91. The summed E-state index contributed by atoms with van der Waals surface area (Å²) in [6.07, 6.45) is 4.07. The number of anilines is 2. The van der Waals surface area contributed by atoms with Crippen molar-refractivity contribution in [2.24, 2.45) is 0 Å². The molecule has 2 aromatic carbocycles. The van der Waals surface area contributed by atoms with E-state index in [1.54, 1.807) is 6.07 Å². The van der Waals surface area contributed by atoms with Crippen molar-refractivity contribution in [2.75, 3.05) is 24.3 Å². The zero-order valence-electron chi connectivity index (χ0n) is 18.4. The van der Waals surface area contributed by atoms with Crippen LogP contribution in [0.15, 0.2) is 53.4 Å². The summed E-state index contributed by atoms with van der Waals surface area (Å²) in [6, 6.07) is 16.2. The molecule has 1 heterocycles. The third kappa shape index (κ3) is 5.66. The highest BCUT2D eigenvalue weighted by Crippen LogP contribution is 2.29. The third-order valence-corrected chi connectivity index (χ3v) is 6.67. The van der Waals surface area contributed by atoms with Gasteiger partial charge in [0.15, 0.2) is 0 Å². The molecule has 1 fully saturated rings. The molecule has 2 N–H and O–H groups in total. The van der Waals surface area contributed by atoms with Gasteiger partial charge in [-0.3, -0.25) is 0 Å². The number of hydrogen-bond acceptors (Lipinski definition) is 6. The van der Waals surface area contributed by atoms with Crippen molar-refractivity contribution in [1.82, 2.24) is 15.3 Å². The van der Waals surface area contributed by atoms with Crippen LogP contribution in [-0.2, 0) is 6.54 Å². The SMILES string of the molecule is CN(C)c1nc(N[C@H]2CC[C@@H](NCc3ccccc3SC(F)F)CC2)nc2ccccc12. The van der Waals surface area contributed by atoms with Crippen LogP contribution in [0.2, 0.25) is 0 Å². The summed E-state index contributed by atoms with van der Waals surface area (Å²) in [5.74, 6) is -0.821. The normalized spacial score (nSPS) is 18.8. The molecule has 4 rings (SSSR count). The minimum absolute atomic E-state index is 0.325. The van der Waals surface area contributed by atoms with Gasteiger partial charge in [-0.05, 0) is 49.4 Å². The third-order valence-electron chi connectivity index (χ3n) is 5.84. The molecule has 3 aromatic rings. The molecule has 170 valence electrons. The Kier molecular flexibility index (Phi) is 7.42. The van der Waals surface area contributed by atoms with Crippen LogP contribution in [0.1, 0.15) is 31.2 Å². The summed E-state index contributed by atoms with van der Waals surface area (Å²) in [4.78, 5) is 12.1. The van der Waals surface area contributed by atoms with E-state index in [0.717, 1.165) is 48.0 Å². The van der Waals surface area contributed by atoms with E-state index in [0.29, 0.717) is 41.2 Å². The number of benzene rings is 2. The second-order valence-corrected chi connectivity index (χ2v) is 9.37. The van der Waals surface area contributed by atoms with E-state index >= 15 is 0 Å². The summed E-state index contributed by atoms with van der Waals surface area (Å²) in [5, 5.41) is 8.13. The predicted octanol–water partition coefficient (Wildman–Crippen LogP) is 5.52. The number of hydrogen-bond donors (Lipinski definition) is 2. The van der Waals surface area contributed by atoms with Gasteiger partial charge in [0.05, 0.1) is 5.52 Å². The van der Waals surface area contributed by atoms with E-state index in [4.69, 9.17) is 9.97 Å². The van der Waals surface area contributed by atoms with Crippen molar-refractivity contribution in [1.29, 1.82) is 0 Å². The van der Waals surface area contributed by atoms with Crippen LogP contribution in [0.5, 0.6) is 0 Å². The molecule has 1 saturated carbocycles. The van der Waals surface area contributed by atoms with Crippen molar-refractivity contribution >= 4 is 34.4 Å². The Morgan fingerprint density at radius 1 is 0.969 bits per heavy atom. The van der Waals surface area contributed by atoms with Gasteiger partial charge in [-0.15, -0.1) is 0 Å². The highest BCUT2D eigenvalue weighted by molar-refractivity contribution is 7.99. The van der Waals surface area contributed by atoms with Crippen molar-refractivity contribution < 1.29 is 8.78 Å². The molecule has 0 bridgehead atoms. The van der Waals surface area contributed by atoms with Crippen molar-refractivity contribution in [2.45, 2.75) is 55.0 Å². The molecule has 0 radical (unpaired) electrons. The Morgan fingerprint density at radius 2 is 1.66 bits per heavy atom. The number of alkyl halides is 2. The van der Waals surface area contributed by atoms with E-state index in [1.165, 1.54) is 0 Å². The zero-order chi connectivity index (χ0) is 22.5. The second kappa shape index (κ2) is 10.4. The Morgan fingerprint density at radius 3 is 2.41 bits per heavy atom. The fourth-order valence-corrected chi connectivity index (χ4v) is 4.85. The van der Waals surface area contributed by atoms with Crippen LogP contribution in [0.3, 0.4) is 0 Å². The molecule has 32 heavy (non-hydrogen) atoms. The number of para-hydroxylation sites is 1. The fourth-order valence-electron chi connectivity index (χ4n) is 4.20. The lowest BCUT2D eigenvalue weighted by molar-refractivity contribution is 0.252. The lowest BCUT2D eigenvalue weighted by Crippen LogP contribution is -2.37. The van der Waals surface area contributed by atoms with E-state index in [1.807, 2.05) is 61.5 Å². The molecular weight excluding hydrogens is 428 g/mol. The average molecular weight is 458 g/mol. The summed E-state index contributed by atoms with van der Waals surface area (Å²) >= 11 is 0.616. The van der Waals surface area contributed by atoms with E-state index in [-0.39, 0.29) is 0 Å². The maximum Gasteiger partial charge on any atom is 0.288 e. The van der Waals surface area contributed by atoms with E-state index in [2.05, 4.69) is 10.6 Å². The summed E-state index contributed by atoms with van der Waals surface area (Å²) in [5.41, 5.74) is 1.86. The number of fused-ring (bicyclic) bond motifs is 1. The van der Waals surface area contributed by atoms with Gasteiger partial charge in [0.2, 0.25) is 5.95 Å². The molecule has 5 nitrogen and oxygen atoms in total. The molecule has 0 aliphatic heterocycles. The molecule has 0 atom stereocenters. The smallest absolute Gasteiger partial charge is 0.288 e. The quantitative estimate of drug-likeness (QED) is 0.434. The molecule has 0 saturated heterocycles. The Hall–Kier alpha value is -2.45. The second-order valence-electron chi connectivity index (χ2n) is 8.34. The van der Waals surface area contributed by atoms with Gasteiger partial charge in [-0.1, -0.05) is 42.1 Å². The van der Waals surface area contributed by atoms with Crippen molar-refractivity contribution in [3.8, 4) is 0 Å². The van der Waals surface area contributed by atoms with Crippen LogP contribution >= 0.6 is 11.8 Å². The first kappa shape index (κ1) is 22.7. The number of thioether (sulfide) groups is 1. The van der Waals surface area contributed by atoms with Gasteiger partial charge in [-0.25, -0.2) is 4.98 Å². The molecule has 0 unspecified atom stereocenters. The van der Waals surface area contributed by atoms with Gasteiger partial charge in [0.25, 0.3) is 5.76 Å². The molecule has 8 heteroatoms. The number of nitrogens with zero attached hydrogens (tertiary/aromatic N) is 3. The Balaban J connectivity index is 1.33. The first-order valence-electron chi connectivity index (χ1n) is 11.0. The molecule has 0 spiro atoms. The topological polar surface area (TPSA) is 53.1 Å². The minimum atomic E-state index is -2.40. The first-order valence-corrected chi connectivity index (χ1v) is 11.8. The number of aromatic nitrogens is 2. The first-order chi connectivity index (χ1) is 15.5. The van der Waals surface area contributed by atoms with Gasteiger partial charge in [0, 0.05) is 43.0 Å². The van der Waals surface area contributed by atoms with E-state index < -0.39 is 5.76 Å². The van der Waals surface area contributed by atoms with E-state index in [9.17, 15) is 8.78 Å². The summed E-state index contributed by atoms with van der Waals surface area (Å²) in [6.45, 7) is 0.610. The Bertz CT molecular complexity index is 1040. The highest BCUT2D eigenvalue weighted by Gasteiger charge is 2.22. The standard InChI is InChI=1S/C24H29F2N5S/c1-31(2)22-19-8-4-5-9-20(19)29-24(30-22)28-18-13-11-17(12-14-18)27-15-16-7-3-6-10-21(16)32-23(25)26/h3-10,17-18,23,27H,11-15H2,1-2H3,(H,28,29,30)/t17-,18+. The largest absolute Gasteiger partial charge is 0.362 e.